The van der Waals surface area contributed by atoms with Gasteiger partial charge in [0.25, 0.3) is 0 Å². The third-order valence-corrected chi connectivity index (χ3v) is 11.3. The number of aliphatic hydroxyl groups is 3. The fourth-order valence-corrected chi connectivity index (χ4v) is 7.66. The van der Waals surface area contributed by atoms with Crippen LogP contribution in [-0.2, 0) is 20.2 Å². The van der Waals surface area contributed by atoms with Crippen LogP contribution in [0.5, 0.6) is 5.75 Å². The van der Waals surface area contributed by atoms with Gasteiger partial charge in [-0.1, -0.05) is 70.6 Å². The highest BCUT2D eigenvalue weighted by molar-refractivity contribution is 7.76. The summed E-state index contributed by atoms with van der Waals surface area (Å²) >= 11 is 5.66. The predicted molar refractivity (Wildman–Crippen MR) is 179 cm³/mol. The molecule has 1 aromatic carbocycles. The molecule has 4 N–H and O–H groups in total. The first-order chi connectivity index (χ1) is 21.3. The Morgan fingerprint density at radius 3 is 1.57 bits per heavy atom. The van der Waals surface area contributed by atoms with E-state index in [-0.39, 0.29) is 0 Å². The minimum absolute atomic E-state index is 0.331. The lowest BCUT2D eigenvalue weighted by molar-refractivity contribution is 0.131. The van der Waals surface area contributed by atoms with Gasteiger partial charge in [0.05, 0.1) is 6.61 Å². The van der Waals surface area contributed by atoms with Gasteiger partial charge < -0.3 is 24.4 Å². The van der Waals surface area contributed by atoms with Gasteiger partial charge >= 0.3 is 16.0 Å². The van der Waals surface area contributed by atoms with Crippen molar-refractivity contribution in [2.75, 3.05) is 26.4 Å². The molecule has 44 heavy (non-hydrogen) atoms. The average Bonchev–Trinajstić information content (AvgIpc) is 3.08. The molecule has 4 aliphatic rings. The lowest BCUT2D eigenvalue weighted by atomic mass is 9.81. The summed E-state index contributed by atoms with van der Waals surface area (Å²) in [5.41, 5.74) is 1.06. The zero-order valence-corrected chi connectivity index (χ0v) is 29.4. The Morgan fingerprint density at radius 1 is 0.750 bits per heavy atom. The average molecular weight is 680 g/mol. The Hall–Kier alpha value is -0.400. The summed E-state index contributed by atoms with van der Waals surface area (Å²) in [6.45, 7) is 6.59. The molecule has 0 saturated heterocycles. The van der Waals surface area contributed by atoms with Gasteiger partial charge in [-0.2, -0.15) is 0 Å². The second-order valence-corrected chi connectivity index (χ2v) is 15.2. The number of rotatable bonds is 8. The largest absolute Gasteiger partial charge is 0.694 e. The molecular formula is C33H58ClO8P2+. The van der Waals surface area contributed by atoms with Crippen molar-refractivity contribution in [3.63, 3.8) is 0 Å². The van der Waals surface area contributed by atoms with E-state index in [1.165, 1.54) is 51.4 Å². The summed E-state index contributed by atoms with van der Waals surface area (Å²) in [7, 11) is -3.60. The summed E-state index contributed by atoms with van der Waals surface area (Å²) in [5.74, 6) is 4.85. The predicted octanol–water partition coefficient (Wildman–Crippen LogP) is 8.90. The van der Waals surface area contributed by atoms with Gasteiger partial charge in [0, 0.05) is 29.9 Å². The fraction of sp³-hybridized carbons (Fsp3) is 0.818. The van der Waals surface area contributed by atoms with Gasteiger partial charge in [0.15, 0.2) is 0 Å². The number of fused-ring (bicyclic) bond motifs is 1. The normalized spacial score (nSPS) is 30.0. The van der Waals surface area contributed by atoms with E-state index in [4.69, 9.17) is 45.0 Å². The van der Waals surface area contributed by atoms with Crippen LogP contribution in [0.3, 0.4) is 0 Å². The fourth-order valence-electron chi connectivity index (χ4n) is 6.33. The minimum atomic E-state index is -2.39. The van der Waals surface area contributed by atoms with Crippen LogP contribution in [-0.4, -0.2) is 46.6 Å². The summed E-state index contributed by atoms with van der Waals surface area (Å²) in [6, 6.07) is 7.74. The number of aliphatic hydroxyl groups excluding tert-OH is 3. The van der Waals surface area contributed by atoms with Crippen LogP contribution >= 0.6 is 27.2 Å². The second kappa shape index (κ2) is 23.8. The highest BCUT2D eigenvalue weighted by atomic mass is 35.7. The summed E-state index contributed by atoms with van der Waals surface area (Å²) in [6.07, 6.45) is 17.0. The highest BCUT2D eigenvalue weighted by Gasteiger charge is 2.24. The van der Waals surface area contributed by atoms with Crippen molar-refractivity contribution < 1.29 is 38.3 Å². The second-order valence-electron chi connectivity index (χ2n) is 12.7. The van der Waals surface area contributed by atoms with E-state index >= 15 is 0 Å². The highest BCUT2D eigenvalue weighted by Crippen LogP contribution is 2.49. The lowest BCUT2D eigenvalue weighted by Gasteiger charge is -2.26. The first-order valence-corrected chi connectivity index (χ1v) is 20.0. The van der Waals surface area contributed by atoms with Crippen LogP contribution in [0.1, 0.15) is 109 Å². The molecule has 3 saturated carbocycles. The summed E-state index contributed by atoms with van der Waals surface area (Å²) < 4.78 is 25.4. The maximum Gasteiger partial charge on any atom is 0.694 e. The molecule has 5 rings (SSSR count). The molecule has 3 fully saturated rings. The lowest BCUT2D eigenvalue weighted by Crippen LogP contribution is -2.19. The van der Waals surface area contributed by atoms with Crippen LogP contribution in [0, 0.1) is 35.5 Å². The molecule has 254 valence electrons. The van der Waals surface area contributed by atoms with E-state index in [1.54, 1.807) is 0 Å². The SMILES string of the molecule is CCC1CCC(CO)CC1.CCC1CCC(CO[P+](=O)O)CC1.ClP1OCc2ccccc2O1.OCC1CCC(CO)CC1. The minimum Gasteiger partial charge on any atom is -0.436 e. The number of halogens is 1. The molecule has 8 nitrogen and oxygen atoms in total. The molecule has 0 amide bonds. The third kappa shape index (κ3) is 16.4. The third-order valence-electron chi connectivity index (χ3n) is 9.71. The van der Waals surface area contributed by atoms with E-state index in [9.17, 15) is 4.57 Å². The molecule has 11 heteroatoms. The van der Waals surface area contributed by atoms with Gasteiger partial charge in [0.1, 0.15) is 12.4 Å². The molecular weight excluding hydrogens is 622 g/mol. The van der Waals surface area contributed by atoms with E-state index in [0.29, 0.717) is 56.7 Å². The van der Waals surface area contributed by atoms with Crippen molar-refractivity contribution in [3.8, 4) is 5.75 Å². The topological polar surface area (TPSA) is 126 Å². The van der Waals surface area contributed by atoms with Gasteiger partial charge in [-0.25, -0.2) is 0 Å². The zero-order valence-electron chi connectivity index (χ0n) is 26.9. The molecule has 0 radical (unpaired) electrons. The quantitative estimate of drug-likeness (QED) is 0.201. The van der Waals surface area contributed by atoms with Crippen LogP contribution < -0.4 is 4.52 Å². The molecule has 2 unspecified atom stereocenters. The number of benzene rings is 1. The molecule has 0 bridgehead atoms. The van der Waals surface area contributed by atoms with Crippen molar-refractivity contribution in [1.29, 1.82) is 0 Å². The monoisotopic (exact) mass is 679 g/mol. The van der Waals surface area contributed by atoms with Gasteiger partial charge in [-0.15, -0.1) is 9.42 Å². The van der Waals surface area contributed by atoms with Crippen molar-refractivity contribution >= 4 is 27.2 Å². The molecule has 3 aliphatic carbocycles. The molecule has 0 spiro atoms. The Labute approximate surface area is 272 Å². The van der Waals surface area contributed by atoms with Crippen LogP contribution in [0.25, 0.3) is 0 Å². The van der Waals surface area contributed by atoms with Crippen molar-refractivity contribution in [1.82, 2.24) is 0 Å². The number of hydrogen-bond acceptors (Lipinski definition) is 7. The van der Waals surface area contributed by atoms with Crippen molar-refractivity contribution in [2.24, 2.45) is 35.5 Å². The van der Waals surface area contributed by atoms with E-state index < -0.39 is 16.0 Å². The van der Waals surface area contributed by atoms with Crippen LogP contribution in [0.2, 0.25) is 0 Å². The van der Waals surface area contributed by atoms with Crippen molar-refractivity contribution in [2.45, 2.75) is 110 Å². The Morgan fingerprint density at radius 2 is 1.16 bits per heavy atom. The maximum atomic E-state index is 10.3. The van der Waals surface area contributed by atoms with Crippen LogP contribution in [0.4, 0.5) is 0 Å². The van der Waals surface area contributed by atoms with Gasteiger partial charge in [-0.05, 0) is 104 Å². The Kier molecular flexibility index (Phi) is 21.6. The Balaban J connectivity index is 0.000000206. The zero-order chi connectivity index (χ0) is 32.2. The van der Waals surface area contributed by atoms with E-state index in [1.807, 2.05) is 24.3 Å². The maximum absolute atomic E-state index is 10.3. The smallest absolute Gasteiger partial charge is 0.436 e. The number of para-hydroxylation sites is 1. The first-order valence-electron chi connectivity index (χ1n) is 16.8. The molecule has 1 aliphatic heterocycles. The van der Waals surface area contributed by atoms with E-state index in [2.05, 4.69) is 13.8 Å². The number of hydrogen-bond donors (Lipinski definition) is 4. The summed E-state index contributed by atoms with van der Waals surface area (Å²) in [5, 5.41) is 26.4. The summed E-state index contributed by atoms with van der Waals surface area (Å²) in [4.78, 5) is 8.47. The molecule has 0 aromatic heterocycles. The standard InChI is InChI=1S/C9H17O3P.C9H18O.C8H16O2.C7H6ClO2P/c1-2-8-3-5-9(6-4-8)7-12-13(10)11;1-2-8-3-5-9(7-10)6-4-8;9-5-7-1-2-8(6-10)4-3-7;8-11-9-5-6-3-1-2-4-7(6)10-11/h8-9H,2-7H2,1H3;8-10H,2-7H2,1H3;7-10H,1-6H2;1-4H,5H2/p+1. The van der Waals surface area contributed by atoms with Gasteiger partial charge in [-0.3, -0.25) is 0 Å². The van der Waals surface area contributed by atoms with E-state index in [0.717, 1.165) is 61.7 Å². The molecule has 1 heterocycles. The molecule has 2 atom stereocenters. The first kappa shape index (κ1) is 39.8. The Bertz CT molecular complexity index is 825. The molecule has 1 aromatic rings. The van der Waals surface area contributed by atoms with Crippen LogP contribution in [0.15, 0.2) is 24.3 Å². The van der Waals surface area contributed by atoms with Gasteiger partial charge in [0.2, 0.25) is 0 Å². The van der Waals surface area contributed by atoms with Crippen molar-refractivity contribution in [3.05, 3.63) is 29.8 Å².